The highest BCUT2D eigenvalue weighted by Crippen LogP contribution is 2.30. The van der Waals surface area contributed by atoms with Crippen LogP contribution in [-0.2, 0) is 0 Å². The van der Waals surface area contributed by atoms with E-state index in [2.05, 4.69) is 4.98 Å². The van der Waals surface area contributed by atoms with Gasteiger partial charge in [-0.2, -0.15) is 0 Å². The van der Waals surface area contributed by atoms with Gasteiger partial charge >= 0.3 is 5.97 Å². The van der Waals surface area contributed by atoms with Crippen molar-refractivity contribution in [3.8, 4) is 16.3 Å². The maximum atomic E-state index is 11.0. The minimum atomic E-state index is -0.934. The monoisotopic (exact) mass is 277 g/mol. The number of benzene rings is 1. The molecule has 0 fully saturated rings. The second-order valence-electron chi connectivity index (χ2n) is 4.43. The Balaban J connectivity index is 2.36. The van der Waals surface area contributed by atoms with Crippen LogP contribution >= 0.6 is 11.3 Å². The van der Waals surface area contributed by atoms with Gasteiger partial charge in [-0.3, -0.25) is 0 Å². The largest absolute Gasteiger partial charge is 0.491 e. The zero-order valence-corrected chi connectivity index (χ0v) is 11.8. The number of hydrogen-bond donors (Lipinski definition) is 1. The summed E-state index contributed by atoms with van der Waals surface area (Å²) in [6.07, 6.45) is 0.0999. The third kappa shape index (κ3) is 3.12. The molecular weight excluding hydrogens is 262 g/mol. The summed E-state index contributed by atoms with van der Waals surface area (Å²) in [6.45, 7) is 5.63. The minimum absolute atomic E-state index is 0.0999. The van der Waals surface area contributed by atoms with Gasteiger partial charge < -0.3 is 9.84 Å². The van der Waals surface area contributed by atoms with Crippen molar-refractivity contribution in [2.75, 3.05) is 0 Å². The Labute approximate surface area is 115 Å². The molecule has 5 heteroatoms. The summed E-state index contributed by atoms with van der Waals surface area (Å²) in [5, 5.41) is 9.74. The number of carbonyl (C=O) groups is 1. The first-order valence-electron chi connectivity index (χ1n) is 5.95. The maximum Gasteiger partial charge on any atom is 0.347 e. The van der Waals surface area contributed by atoms with Crippen molar-refractivity contribution in [1.29, 1.82) is 0 Å². The zero-order valence-electron chi connectivity index (χ0n) is 11.0. The first-order chi connectivity index (χ1) is 8.97. The van der Waals surface area contributed by atoms with Crippen LogP contribution < -0.4 is 4.74 Å². The molecule has 100 valence electrons. The molecule has 2 rings (SSSR count). The Morgan fingerprint density at radius 3 is 2.74 bits per heavy atom. The number of aromatic nitrogens is 1. The fourth-order valence-corrected chi connectivity index (χ4v) is 2.59. The van der Waals surface area contributed by atoms with Crippen LogP contribution in [0, 0.1) is 6.92 Å². The van der Waals surface area contributed by atoms with Gasteiger partial charge in [-0.1, -0.05) is 12.1 Å². The van der Waals surface area contributed by atoms with Gasteiger partial charge in [-0.25, -0.2) is 9.78 Å². The van der Waals surface area contributed by atoms with E-state index in [1.807, 2.05) is 38.1 Å². The lowest BCUT2D eigenvalue weighted by Gasteiger charge is -2.09. The van der Waals surface area contributed by atoms with Crippen molar-refractivity contribution >= 4 is 17.3 Å². The van der Waals surface area contributed by atoms with Crippen LogP contribution in [0.2, 0.25) is 0 Å². The van der Waals surface area contributed by atoms with Gasteiger partial charge in [0.15, 0.2) is 0 Å². The summed E-state index contributed by atoms with van der Waals surface area (Å²) in [5.41, 5.74) is 1.42. The minimum Gasteiger partial charge on any atom is -0.491 e. The Morgan fingerprint density at radius 2 is 2.16 bits per heavy atom. The topological polar surface area (TPSA) is 59.4 Å². The highest BCUT2D eigenvalue weighted by Gasteiger charge is 2.15. The molecule has 0 saturated heterocycles. The number of hydrogen-bond acceptors (Lipinski definition) is 4. The Kier molecular flexibility index (Phi) is 3.85. The lowest BCUT2D eigenvalue weighted by molar-refractivity contribution is 0.0701. The highest BCUT2D eigenvalue weighted by molar-refractivity contribution is 7.17. The van der Waals surface area contributed by atoms with Crippen molar-refractivity contribution in [2.24, 2.45) is 0 Å². The van der Waals surface area contributed by atoms with Crippen LogP contribution in [-0.4, -0.2) is 22.2 Å². The maximum absolute atomic E-state index is 11.0. The fourth-order valence-electron chi connectivity index (χ4n) is 1.69. The summed E-state index contributed by atoms with van der Waals surface area (Å²) in [5.74, 6) is -0.173. The van der Waals surface area contributed by atoms with E-state index < -0.39 is 5.97 Å². The normalized spacial score (nSPS) is 10.7. The second-order valence-corrected chi connectivity index (χ2v) is 5.43. The zero-order chi connectivity index (χ0) is 14.0. The molecule has 0 amide bonds. The fraction of sp³-hybridized carbons (Fsp3) is 0.286. The number of aryl methyl sites for hydroxylation is 1. The number of nitrogens with zero attached hydrogens (tertiary/aromatic N) is 1. The van der Waals surface area contributed by atoms with E-state index >= 15 is 0 Å². The third-order valence-electron chi connectivity index (χ3n) is 2.44. The van der Waals surface area contributed by atoms with Crippen LogP contribution in [0.25, 0.3) is 10.6 Å². The van der Waals surface area contributed by atoms with E-state index in [9.17, 15) is 4.79 Å². The molecular formula is C14H15NO3S. The number of carboxylic acid groups (broad SMARTS) is 1. The first kappa shape index (κ1) is 13.5. The van der Waals surface area contributed by atoms with Gasteiger partial charge in [0, 0.05) is 5.56 Å². The molecule has 0 bridgehead atoms. The summed E-state index contributed by atoms with van der Waals surface area (Å²) < 4.78 is 5.62. The Hall–Kier alpha value is -1.88. The van der Waals surface area contributed by atoms with Gasteiger partial charge in [0.2, 0.25) is 0 Å². The molecule has 4 nitrogen and oxygen atoms in total. The lowest BCUT2D eigenvalue weighted by Crippen LogP contribution is -2.05. The van der Waals surface area contributed by atoms with E-state index in [1.54, 1.807) is 6.92 Å². The molecule has 0 atom stereocenters. The molecule has 0 aliphatic carbocycles. The molecule has 0 spiro atoms. The van der Waals surface area contributed by atoms with E-state index in [1.165, 1.54) is 11.3 Å². The molecule has 0 saturated carbocycles. The molecule has 1 heterocycles. The summed E-state index contributed by atoms with van der Waals surface area (Å²) >= 11 is 1.18. The predicted octanol–water partition coefficient (Wildman–Crippen LogP) is 3.60. The second kappa shape index (κ2) is 5.40. The molecule has 1 aromatic heterocycles. The van der Waals surface area contributed by atoms with E-state index in [-0.39, 0.29) is 11.0 Å². The number of carboxylic acids is 1. The molecule has 0 aliphatic rings. The third-order valence-corrected chi connectivity index (χ3v) is 3.64. The van der Waals surface area contributed by atoms with Crippen molar-refractivity contribution in [2.45, 2.75) is 26.9 Å². The Morgan fingerprint density at radius 1 is 1.42 bits per heavy atom. The number of ether oxygens (including phenoxy) is 1. The van der Waals surface area contributed by atoms with Gasteiger partial charge in [0.25, 0.3) is 0 Å². The van der Waals surface area contributed by atoms with Crippen LogP contribution in [0.1, 0.15) is 29.2 Å². The highest BCUT2D eigenvalue weighted by atomic mass is 32.1. The standard InChI is InChI=1S/C14H15NO3S/c1-8(2)18-11-6-4-5-10(7-11)13-15-9(3)12(19-13)14(16)17/h4-8H,1-3H3,(H,16,17). The van der Waals surface area contributed by atoms with Crippen LogP contribution in [0.15, 0.2) is 24.3 Å². The number of aromatic carboxylic acids is 1. The summed E-state index contributed by atoms with van der Waals surface area (Å²) in [7, 11) is 0. The Bertz CT molecular complexity index is 604. The van der Waals surface area contributed by atoms with Crippen molar-refractivity contribution in [3.05, 3.63) is 34.8 Å². The summed E-state index contributed by atoms with van der Waals surface area (Å²) in [4.78, 5) is 15.6. The van der Waals surface area contributed by atoms with Crippen molar-refractivity contribution < 1.29 is 14.6 Å². The summed E-state index contributed by atoms with van der Waals surface area (Å²) in [6, 6.07) is 7.54. The average molecular weight is 277 g/mol. The van der Waals surface area contributed by atoms with E-state index in [0.29, 0.717) is 10.7 Å². The molecule has 19 heavy (non-hydrogen) atoms. The van der Waals surface area contributed by atoms with Crippen LogP contribution in [0.3, 0.4) is 0 Å². The molecule has 2 aromatic rings. The molecule has 1 N–H and O–H groups in total. The molecule has 0 aliphatic heterocycles. The average Bonchev–Trinajstić information content (AvgIpc) is 2.71. The number of thiazole rings is 1. The SMILES string of the molecule is Cc1nc(-c2cccc(OC(C)C)c2)sc1C(=O)O. The van der Waals surface area contributed by atoms with Gasteiger partial charge in [0.05, 0.1) is 11.8 Å². The van der Waals surface area contributed by atoms with Crippen LogP contribution in [0.5, 0.6) is 5.75 Å². The lowest BCUT2D eigenvalue weighted by atomic mass is 10.2. The van der Waals surface area contributed by atoms with Gasteiger partial charge in [-0.05, 0) is 32.9 Å². The van der Waals surface area contributed by atoms with Gasteiger partial charge in [0.1, 0.15) is 15.6 Å². The predicted molar refractivity (Wildman–Crippen MR) is 75.0 cm³/mol. The van der Waals surface area contributed by atoms with Gasteiger partial charge in [-0.15, -0.1) is 11.3 Å². The smallest absolute Gasteiger partial charge is 0.347 e. The molecule has 1 aromatic carbocycles. The first-order valence-corrected chi connectivity index (χ1v) is 6.77. The van der Waals surface area contributed by atoms with Crippen LogP contribution in [0.4, 0.5) is 0 Å². The quantitative estimate of drug-likeness (QED) is 0.927. The van der Waals surface area contributed by atoms with E-state index in [4.69, 9.17) is 9.84 Å². The molecule has 0 unspecified atom stereocenters. The number of rotatable bonds is 4. The molecule has 0 radical (unpaired) electrons. The van der Waals surface area contributed by atoms with Crippen molar-refractivity contribution in [3.63, 3.8) is 0 Å². The van der Waals surface area contributed by atoms with Crippen molar-refractivity contribution in [1.82, 2.24) is 4.98 Å². The van der Waals surface area contributed by atoms with E-state index in [0.717, 1.165) is 11.3 Å².